The molecule has 8 heteroatoms. The maximum Gasteiger partial charge on any atom is 0.433 e. The number of pyridine rings is 1. The molecule has 1 aromatic heterocycles. The minimum absolute atomic E-state index is 0.217. The topological polar surface area (TPSA) is 54.8 Å². The first kappa shape index (κ1) is 21.4. The number of halogens is 3. The molecule has 0 unspecified atom stereocenters. The van der Waals surface area contributed by atoms with Crippen molar-refractivity contribution in [1.29, 1.82) is 0 Å². The van der Waals surface area contributed by atoms with Gasteiger partial charge in [0.2, 0.25) is 0 Å². The molecule has 1 aromatic carbocycles. The van der Waals surface area contributed by atoms with Gasteiger partial charge in [0.05, 0.1) is 17.6 Å². The average Bonchev–Trinajstić information content (AvgIpc) is 2.66. The third kappa shape index (κ3) is 5.31. The molecule has 0 saturated heterocycles. The van der Waals surface area contributed by atoms with Crippen LogP contribution in [0.15, 0.2) is 35.5 Å². The lowest BCUT2D eigenvalue weighted by atomic mass is 10.0. The molecule has 0 aliphatic carbocycles. The molecule has 150 valence electrons. The molecule has 0 saturated carbocycles. The van der Waals surface area contributed by atoms with Gasteiger partial charge in [0.25, 0.3) is 0 Å². The van der Waals surface area contributed by atoms with E-state index in [0.717, 1.165) is 30.1 Å². The highest BCUT2D eigenvalue weighted by molar-refractivity contribution is 5.92. The zero-order chi connectivity index (χ0) is 20.9. The Hall–Kier alpha value is -2.90. The van der Waals surface area contributed by atoms with Crippen LogP contribution in [0.25, 0.3) is 0 Å². The summed E-state index contributed by atoms with van der Waals surface area (Å²) in [4.78, 5) is 22.0. The molecule has 2 aromatic rings. The maximum atomic E-state index is 12.7. The van der Waals surface area contributed by atoms with Crippen LogP contribution in [0.2, 0.25) is 0 Å². The Morgan fingerprint density at radius 2 is 1.96 bits per heavy atom. The molecule has 2 rings (SSSR count). The zero-order valence-corrected chi connectivity index (χ0v) is 16.2. The van der Waals surface area contributed by atoms with Gasteiger partial charge in [-0.2, -0.15) is 13.2 Å². The molecule has 0 aliphatic heterocycles. The van der Waals surface area contributed by atoms with Gasteiger partial charge in [-0.25, -0.2) is 9.79 Å². The number of hydrogen-bond donors (Lipinski definition) is 0. The third-order valence-electron chi connectivity index (χ3n) is 4.36. The van der Waals surface area contributed by atoms with E-state index in [1.165, 1.54) is 6.07 Å². The summed E-state index contributed by atoms with van der Waals surface area (Å²) in [6.45, 7) is 6.18. The van der Waals surface area contributed by atoms with Crippen LogP contribution < -0.4 is 0 Å². The first-order valence-electron chi connectivity index (χ1n) is 8.67. The Bertz CT molecular complexity index is 879. The lowest BCUT2D eigenvalue weighted by molar-refractivity contribution is -0.141. The molecule has 28 heavy (non-hydrogen) atoms. The van der Waals surface area contributed by atoms with E-state index in [4.69, 9.17) is 4.74 Å². The number of esters is 1. The van der Waals surface area contributed by atoms with Crippen LogP contribution in [0.4, 0.5) is 18.9 Å². The summed E-state index contributed by atoms with van der Waals surface area (Å²) in [5.74, 6) is -0.604. The molecule has 0 fully saturated rings. The number of aliphatic imine (C=N–C) groups is 1. The summed E-state index contributed by atoms with van der Waals surface area (Å²) >= 11 is 0. The van der Waals surface area contributed by atoms with Crippen LogP contribution >= 0.6 is 0 Å². The second kappa shape index (κ2) is 8.86. The summed E-state index contributed by atoms with van der Waals surface area (Å²) in [7, 11) is 1.90. The Morgan fingerprint density at radius 3 is 2.61 bits per heavy atom. The van der Waals surface area contributed by atoms with Crippen LogP contribution in [0.1, 0.15) is 39.7 Å². The number of rotatable bonds is 6. The SMILES string of the molecule is CCN(C)/C=N/c1ccc(C(=O)OCc2ccnc(C(F)(F)F)c2)c(C)c1C. The fourth-order valence-corrected chi connectivity index (χ4v) is 2.36. The normalized spacial score (nSPS) is 11.7. The van der Waals surface area contributed by atoms with Crippen molar-refractivity contribution in [3.8, 4) is 0 Å². The number of alkyl halides is 3. The van der Waals surface area contributed by atoms with Gasteiger partial charge in [0, 0.05) is 19.8 Å². The van der Waals surface area contributed by atoms with E-state index < -0.39 is 17.8 Å². The molecular formula is C20H22F3N3O2. The first-order valence-corrected chi connectivity index (χ1v) is 8.67. The predicted molar refractivity (Wildman–Crippen MR) is 101 cm³/mol. The van der Waals surface area contributed by atoms with Crippen molar-refractivity contribution in [3.05, 3.63) is 58.4 Å². The van der Waals surface area contributed by atoms with E-state index in [1.807, 2.05) is 25.8 Å². The van der Waals surface area contributed by atoms with Crippen molar-refractivity contribution in [2.45, 2.75) is 33.6 Å². The Kier molecular flexibility index (Phi) is 6.77. The molecule has 0 spiro atoms. The summed E-state index contributed by atoms with van der Waals surface area (Å²) in [5, 5.41) is 0. The second-order valence-electron chi connectivity index (χ2n) is 6.32. The highest BCUT2D eigenvalue weighted by Crippen LogP contribution is 2.28. The van der Waals surface area contributed by atoms with Gasteiger partial charge in [-0.05, 0) is 61.7 Å². The van der Waals surface area contributed by atoms with Gasteiger partial charge in [-0.3, -0.25) is 4.98 Å². The van der Waals surface area contributed by atoms with Crippen molar-refractivity contribution in [3.63, 3.8) is 0 Å². The van der Waals surface area contributed by atoms with E-state index in [1.54, 1.807) is 25.4 Å². The van der Waals surface area contributed by atoms with Crippen LogP contribution in [-0.2, 0) is 17.5 Å². The number of hydrogen-bond acceptors (Lipinski definition) is 4. The lowest BCUT2D eigenvalue weighted by Gasteiger charge is -2.13. The molecule has 0 bridgehead atoms. The summed E-state index contributed by atoms with van der Waals surface area (Å²) in [6.07, 6.45) is -1.79. The monoisotopic (exact) mass is 393 g/mol. The third-order valence-corrected chi connectivity index (χ3v) is 4.36. The van der Waals surface area contributed by atoms with Crippen molar-refractivity contribution in [1.82, 2.24) is 9.88 Å². The van der Waals surface area contributed by atoms with E-state index in [2.05, 4.69) is 9.98 Å². The van der Waals surface area contributed by atoms with Crippen LogP contribution in [-0.4, -0.2) is 35.8 Å². The molecular weight excluding hydrogens is 371 g/mol. The molecule has 0 aliphatic rings. The van der Waals surface area contributed by atoms with Crippen molar-refractivity contribution >= 4 is 18.0 Å². The van der Waals surface area contributed by atoms with Gasteiger partial charge in [-0.15, -0.1) is 0 Å². The predicted octanol–water partition coefficient (Wildman–Crippen LogP) is 4.69. The highest BCUT2D eigenvalue weighted by Gasteiger charge is 2.32. The van der Waals surface area contributed by atoms with Crippen LogP contribution in [0.3, 0.4) is 0 Å². The molecule has 0 N–H and O–H groups in total. The largest absolute Gasteiger partial charge is 0.457 e. The number of benzene rings is 1. The Labute approximate surface area is 161 Å². The zero-order valence-electron chi connectivity index (χ0n) is 16.2. The number of nitrogens with zero attached hydrogens (tertiary/aromatic N) is 3. The fourth-order valence-electron chi connectivity index (χ4n) is 2.36. The standard InChI is InChI=1S/C20H22F3N3O2/c1-5-26(4)12-25-17-7-6-16(13(2)14(17)3)19(27)28-11-15-8-9-24-18(10-15)20(21,22)23/h6-10,12H,5,11H2,1-4H3/b25-12+. The number of ether oxygens (including phenoxy) is 1. The minimum atomic E-state index is -4.55. The Balaban J connectivity index is 2.13. The first-order chi connectivity index (χ1) is 13.1. The smallest absolute Gasteiger partial charge is 0.433 e. The van der Waals surface area contributed by atoms with Gasteiger partial charge < -0.3 is 9.64 Å². The Morgan fingerprint density at radius 1 is 1.25 bits per heavy atom. The van der Waals surface area contributed by atoms with Crippen LogP contribution in [0, 0.1) is 13.8 Å². The summed E-state index contributed by atoms with van der Waals surface area (Å²) in [5.41, 5.74) is 1.83. The van der Waals surface area contributed by atoms with Crippen LogP contribution in [0.5, 0.6) is 0 Å². The summed E-state index contributed by atoms with van der Waals surface area (Å²) < 4.78 is 43.3. The maximum absolute atomic E-state index is 12.7. The molecule has 0 atom stereocenters. The molecule has 1 heterocycles. The van der Waals surface area contributed by atoms with Gasteiger partial charge in [0.15, 0.2) is 0 Å². The van der Waals surface area contributed by atoms with Crippen molar-refractivity contribution in [2.75, 3.05) is 13.6 Å². The molecule has 0 radical (unpaired) electrons. The highest BCUT2D eigenvalue weighted by atomic mass is 19.4. The summed E-state index contributed by atoms with van der Waals surface area (Å²) in [6, 6.07) is 5.57. The van der Waals surface area contributed by atoms with Crippen molar-refractivity contribution in [2.24, 2.45) is 4.99 Å². The quantitative estimate of drug-likeness (QED) is 0.406. The van der Waals surface area contributed by atoms with E-state index in [9.17, 15) is 18.0 Å². The molecule has 0 amide bonds. The minimum Gasteiger partial charge on any atom is -0.457 e. The van der Waals surface area contributed by atoms with Gasteiger partial charge in [0.1, 0.15) is 12.3 Å². The average molecular weight is 393 g/mol. The van der Waals surface area contributed by atoms with E-state index in [-0.39, 0.29) is 12.2 Å². The van der Waals surface area contributed by atoms with Gasteiger partial charge >= 0.3 is 12.1 Å². The van der Waals surface area contributed by atoms with Crippen molar-refractivity contribution < 1.29 is 22.7 Å². The lowest BCUT2D eigenvalue weighted by Crippen LogP contribution is -2.14. The van der Waals surface area contributed by atoms with Gasteiger partial charge in [-0.1, -0.05) is 0 Å². The number of carbonyl (C=O) groups is 1. The van der Waals surface area contributed by atoms with E-state index >= 15 is 0 Å². The number of aromatic nitrogens is 1. The fraction of sp³-hybridized carbons (Fsp3) is 0.350. The second-order valence-corrected chi connectivity index (χ2v) is 6.32. The molecule has 5 nitrogen and oxygen atoms in total. The number of carbonyl (C=O) groups excluding carboxylic acids is 1. The van der Waals surface area contributed by atoms with E-state index in [0.29, 0.717) is 11.1 Å².